The van der Waals surface area contributed by atoms with Crippen LogP contribution in [-0.2, 0) is 20.8 Å². The second-order valence-corrected chi connectivity index (χ2v) is 9.40. The van der Waals surface area contributed by atoms with Crippen molar-refractivity contribution < 1.29 is 24.6 Å². The molecule has 0 aliphatic rings. The van der Waals surface area contributed by atoms with E-state index >= 15 is 0 Å². The number of carboxylic acids is 2. The first kappa shape index (κ1) is 30.2. The van der Waals surface area contributed by atoms with Gasteiger partial charge in [0.15, 0.2) is 0 Å². The quantitative estimate of drug-likeness (QED) is 0.180. The maximum Gasteiger partial charge on any atom is 0.414 e. The van der Waals surface area contributed by atoms with E-state index in [1.54, 1.807) is 0 Å². The van der Waals surface area contributed by atoms with E-state index in [0.29, 0.717) is 6.42 Å². The molecule has 8 heteroatoms. The van der Waals surface area contributed by atoms with Crippen molar-refractivity contribution in [3.63, 3.8) is 0 Å². The summed E-state index contributed by atoms with van der Waals surface area (Å²) in [5.41, 5.74) is 2.30. The standard InChI is InChI=1S/C25H36N2OS.C2H2O4/c1-3-4-5-9-13-25(28)26-23-14-16-24(17-15-23)29-21-10-19-27(2)20-18-22-11-7-6-8-12-22;3-1(4)2(5)6/h6-8,11-12,14-17H,3-5,9-10,13,18-21H2,1-2H3,(H,26,28);(H,3,4)(H,5,6). The third-order valence-corrected chi connectivity index (χ3v) is 6.25. The molecule has 1 amide bonds. The van der Waals surface area contributed by atoms with Crippen LogP contribution in [-0.4, -0.2) is 58.8 Å². The molecule has 2 aromatic rings. The van der Waals surface area contributed by atoms with Gasteiger partial charge in [0.25, 0.3) is 0 Å². The molecule has 0 bridgehead atoms. The van der Waals surface area contributed by atoms with Gasteiger partial charge in [-0.15, -0.1) is 11.8 Å². The van der Waals surface area contributed by atoms with Gasteiger partial charge in [-0.3, -0.25) is 4.79 Å². The fourth-order valence-corrected chi connectivity index (χ4v) is 4.01. The van der Waals surface area contributed by atoms with Crippen LogP contribution in [0.1, 0.15) is 51.0 Å². The van der Waals surface area contributed by atoms with Crippen molar-refractivity contribution in [2.24, 2.45) is 0 Å². The second-order valence-electron chi connectivity index (χ2n) is 8.23. The number of carbonyl (C=O) groups is 3. The highest BCUT2D eigenvalue weighted by Gasteiger charge is 2.04. The molecular weight excluding hydrogens is 464 g/mol. The minimum Gasteiger partial charge on any atom is -0.473 e. The number of amides is 1. The minimum atomic E-state index is -1.82. The van der Waals surface area contributed by atoms with Gasteiger partial charge in [0, 0.05) is 23.5 Å². The normalized spacial score (nSPS) is 10.4. The predicted octanol–water partition coefficient (Wildman–Crippen LogP) is 5.41. The molecule has 0 radical (unpaired) electrons. The first-order valence-corrected chi connectivity index (χ1v) is 13.0. The van der Waals surface area contributed by atoms with Crippen LogP contribution in [0.25, 0.3) is 0 Å². The van der Waals surface area contributed by atoms with E-state index in [1.807, 2.05) is 23.9 Å². The topological polar surface area (TPSA) is 107 Å². The summed E-state index contributed by atoms with van der Waals surface area (Å²) in [7, 11) is 2.20. The molecule has 0 unspecified atom stereocenters. The molecule has 192 valence electrons. The SMILES string of the molecule is CCCCCCC(=O)Nc1ccc(SCCCN(C)CCc2ccccc2)cc1.O=C(O)C(=O)O. The summed E-state index contributed by atoms with van der Waals surface area (Å²) in [6.07, 6.45) is 7.43. The Bertz CT molecular complexity index is 863. The van der Waals surface area contributed by atoms with Crippen LogP contribution in [0, 0.1) is 0 Å². The molecule has 2 aromatic carbocycles. The predicted molar refractivity (Wildman–Crippen MR) is 142 cm³/mol. The molecule has 0 atom stereocenters. The van der Waals surface area contributed by atoms with Crippen molar-refractivity contribution in [2.75, 3.05) is 31.2 Å². The molecule has 3 N–H and O–H groups in total. The number of likely N-dealkylation sites (N-methyl/N-ethyl adjacent to an activating group) is 1. The molecule has 0 spiro atoms. The number of rotatable bonds is 14. The number of hydrogen-bond donors (Lipinski definition) is 3. The molecule has 0 fully saturated rings. The van der Waals surface area contributed by atoms with Crippen molar-refractivity contribution in [3.05, 3.63) is 60.2 Å². The Morgan fingerprint density at radius 2 is 1.51 bits per heavy atom. The number of thioether (sulfide) groups is 1. The maximum atomic E-state index is 12.0. The molecule has 7 nitrogen and oxygen atoms in total. The molecule has 0 aliphatic heterocycles. The van der Waals surface area contributed by atoms with Gasteiger partial charge in [0.05, 0.1) is 0 Å². The highest BCUT2D eigenvalue weighted by molar-refractivity contribution is 7.99. The number of carbonyl (C=O) groups excluding carboxylic acids is 1. The van der Waals surface area contributed by atoms with Gasteiger partial charge in [-0.1, -0.05) is 56.5 Å². The molecular formula is C27H38N2O5S. The molecule has 2 rings (SSSR count). The molecule has 0 saturated heterocycles. The van der Waals surface area contributed by atoms with E-state index in [-0.39, 0.29) is 5.91 Å². The van der Waals surface area contributed by atoms with Gasteiger partial charge >= 0.3 is 11.9 Å². The highest BCUT2D eigenvalue weighted by atomic mass is 32.2. The number of carboxylic acid groups (broad SMARTS) is 2. The Morgan fingerprint density at radius 1 is 0.857 bits per heavy atom. The number of nitrogens with one attached hydrogen (secondary N) is 1. The molecule has 0 aliphatic carbocycles. The van der Waals surface area contributed by atoms with Gasteiger partial charge in [-0.25, -0.2) is 9.59 Å². The van der Waals surface area contributed by atoms with E-state index < -0.39 is 11.9 Å². The lowest BCUT2D eigenvalue weighted by Gasteiger charge is -2.16. The van der Waals surface area contributed by atoms with Gasteiger partial charge < -0.3 is 20.4 Å². The third-order valence-electron chi connectivity index (χ3n) is 5.16. The lowest BCUT2D eigenvalue weighted by atomic mass is 10.1. The maximum absolute atomic E-state index is 12.0. The van der Waals surface area contributed by atoms with Crippen molar-refractivity contribution in [2.45, 2.75) is 56.8 Å². The Labute approximate surface area is 212 Å². The summed E-state index contributed by atoms with van der Waals surface area (Å²) in [5, 5.41) is 17.8. The summed E-state index contributed by atoms with van der Waals surface area (Å²) in [6, 6.07) is 18.9. The third kappa shape index (κ3) is 15.6. The van der Waals surface area contributed by atoms with Crippen LogP contribution in [0.4, 0.5) is 5.69 Å². The molecule has 0 heterocycles. The lowest BCUT2D eigenvalue weighted by molar-refractivity contribution is -0.159. The van der Waals surface area contributed by atoms with Crippen molar-refractivity contribution >= 4 is 35.3 Å². The summed E-state index contributed by atoms with van der Waals surface area (Å²) in [6.45, 7) is 4.40. The van der Waals surface area contributed by atoms with Gasteiger partial charge in [0.2, 0.25) is 5.91 Å². The number of anilines is 1. The number of benzene rings is 2. The zero-order valence-corrected chi connectivity index (χ0v) is 21.6. The van der Waals surface area contributed by atoms with Crippen LogP contribution in [0.3, 0.4) is 0 Å². The molecule has 35 heavy (non-hydrogen) atoms. The van der Waals surface area contributed by atoms with Crippen LogP contribution in [0.15, 0.2) is 59.5 Å². The summed E-state index contributed by atoms with van der Waals surface area (Å²) in [4.78, 5) is 33.8. The number of nitrogens with zero attached hydrogens (tertiary/aromatic N) is 1. The average Bonchev–Trinajstić information content (AvgIpc) is 2.85. The van der Waals surface area contributed by atoms with Crippen LogP contribution < -0.4 is 5.32 Å². The smallest absolute Gasteiger partial charge is 0.414 e. The second kappa shape index (κ2) is 18.5. The van der Waals surface area contributed by atoms with Crippen molar-refractivity contribution in [3.8, 4) is 0 Å². The largest absolute Gasteiger partial charge is 0.473 e. The average molecular weight is 503 g/mol. The van der Waals surface area contributed by atoms with E-state index in [4.69, 9.17) is 19.8 Å². The zero-order chi connectivity index (χ0) is 25.9. The van der Waals surface area contributed by atoms with E-state index in [1.165, 1.54) is 29.7 Å². The number of hydrogen-bond acceptors (Lipinski definition) is 5. The first-order valence-electron chi connectivity index (χ1n) is 12.0. The fourth-order valence-electron chi connectivity index (χ4n) is 3.17. The monoisotopic (exact) mass is 502 g/mol. The van der Waals surface area contributed by atoms with Crippen LogP contribution >= 0.6 is 11.8 Å². The summed E-state index contributed by atoms with van der Waals surface area (Å²) in [5.74, 6) is -2.41. The zero-order valence-electron chi connectivity index (χ0n) is 20.7. The Hall–Kier alpha value is -2.84. The Morgan fingerprint density at radius 3 is 2.11 bits per heavy atom. The van der Waals surface area contributed by atoms with E-state index in [2.05, 4.69) is 66.7 Å². The summed E-state index contributed by atoms with van der Waals surface area (Å²) < 4.78 is 0. The minimum absolute atomic E-state index is 0.125. The van der Waals surface area contributed by atoms with Crippen LogP contribution in [0.5, 0.6) is 0 Å². The number of aliphatic carboxylic acids is 2. The van der Waals surface area contributed by atoms with Gasteiger partial charge in [-0.05, 0) is 68.4 Å². The molecule has 0 aromatic heterocycles. The van der Waals surface area contributed by atoms with E-state index in [0.717, 1.165) is 43.8 Å². The lowest BCUT2D eigenvalue weighted by Crippen LogP contribution is -2.22. The Kier molecular flexibility index (Phi) is 15.9. The van der Waals surface area contributed by atoms with Crippen molar-refractivity contribution in [1.82, 2.24) is 4.90 Å². The number of unbranched alkanes of at least 4 members (excludes halogenated alkanes) is 3. The van der Waals surface area contributed by atoms with Crippen molar-refractivity contribution in [1.29, 1.82) is 0 Å². The fraction of sp³-hybridized carbons (Fsp3) is 0.444. The van der Waals surface area contributed by atoms with Gasteiger partial charge in [-0.2, -0.15) is 0 Å². The van der Waals surface area contributed by atoms with Crippen LogP contribution in [0.2, 0.25) is 0 Å². The summed E-state index contributed by atoms with van der Waals surface area (Å²) >= 11 is 1.88. The first-order chi connectivity index (χ1) is 16.8. The van der Waals surface area contributed by atoms with Gasteiger partial charge in [0.1, 0.15) is 0 Å². The highest BCUT2D eigenvalue weighted by Crippen LogP contribution is 2.21. The molecule has 0 saturated carbocycles. The Balaban J connectivity index is 0.000000905. The van der Waals surface area contributed by atoms with E-state index in [9.17, 15) is 4.79 Å².